The maximum Gasteiger partial charge on any atom is 0.306 e. The molecule has 1 aromatic rings. The van der Waals surface area contributed by atoms with E-state index >= 15 is 0 Å². The molecular weight excluding hydrogens is 331 g/mol. The highest BCUT2D eigenvalue weighted by atomic mass is 127. The number of rotatable bonds is 4. The van der Waals surface area contributed by atoms with Gasteiger partial charge in [-0.05, 0) is 65.0 Å². The van der Waals surface area contributed by atoms with Crippen LogP contribution in [-0.4, -0.2) is 16.2 Å². The largest absolute Gasteiger partial charge is 0.507 e. The summed E-state index contributed by atoms with van der Waals surface area (Å²) in [6.07, 6.45) is 2.22. The van der Waals surface area contributed by atoms with Crippen LogP contribution in [0.15, 0.2) is 18.2 Å². The molecular formula is C13H15IO3. The van der Waals surface area contributed by atoms with Gasteiger partial charge in [-0.2, -0.15) is 0 Å². The van der Waals surface area contributed by atoms with Crippen molar-refractivity contribution in [2.24, 2.45) is 11.8 Å². The van der Waals surface area contributed by atoms with Crippen molar-refractivity contribution in [1.82, 2.24) is 0 Å². The molecule has 0 bridgehead atoms. The molecule has 17 heavy (non-hydrogen) atoms. The summed E-state index contributed by atoms with van der Waals surface area (Å²) in [5, 5.41) is 18.7. The summed E-state index contributed by atoms with van der Waals surface area (Å²) in [7, 11) is 0. The Kier molecular flexibility index (Phi) is 3.61. The van der Waals surface area contributed by atoms with Crippen molar-refractivity contribution in [2.45, 2.75) is 25.7 Å². The fourth-order valence-electron chi connectivity index (χ4n) is 2.31. The molecule has 2 atom stereocenters. The van der Waals surface area contributed by atoms with E-state index in [4.69, 9.17) is 5.11 Å². The summed E-state index contributed by atoms with van der Waals surface area (Å²) in [6, 6.07) is 5.40. The van der Waals surface area contributed by atoms with Gasteiger partial charge < -0.3 is 10.2 Å². The average molecular weight is 346 g/mol. The van der Waals surface area contributed by atoms with Gasteiger partial charge in [-0.1, -0.05) is 13.0 Å². The van der Waals surface area contributed by atoms with Gasteiger partial charge in [-0.15, -0.1) is 0 Å². The molecule has 4 heteroatoms. The first kappa shape index (κ1) is 12.7. The Balaban J connectivity index is 2.32. The minimum absolute atomic E-state index is 0.0709. The number of carboxylic acids is 1. The van der Waals surface area contributed by atoms with Gasteiger partial charge in [0, 0.05) is 0 Å². The van der Waals surface area contributed by atoms with E-state index in [9.17, 15) is 9.90 Å². The van der Waals surface area contributed by atoms with Crippen molar-refractivity contribution in [3.63, 3.8) is 0 Å². The Labute approximate surface area is 114 Å². The molecule has 2 N–H and O–H groups in total. The minimum Gasteiger partial charge on any atom is -0.507 e. The monoisotopic (exact) mass is 346 g/mol. The summed E-state index contributed by atoms with van der Waals surface area (Å²) in [6.45, 7) is 1.77. The molecule has 0 spiro atoms. The lowest BCUT2D eigenvalue weighted by Crippen LogP contribution is -2.20. The van der Waals surface area contributed by atoms with E-state index in [0.29, 0.717) is 5.92 Å². The second-order valence-corrected chi connectivity index (χ2v) is 5.86. The molecule has 3 nitrogen and oxygen atoms in total. The summed E-state index contributed by atoms with van der Waals surface area (Å²) in [5.41, 5.74) is 1.03. The number of halogens is 1. The quantitative estimate of drug-likeness (QED) is 0.824. The zero-order valence-electron chi connectivity index (χ0n) is 9.56. The van der Waals surface area contributed by atoms with Crippen molar-refractivity contribution in [3.05, 3.63) is 27.3 Å². The van der Waals surface area contributed by atoms with Gasteiger partial charge in [-0.25, -0.2) is 0 Å². The van der Waals surface area contributed by atoms with Gasteiger partial charge in [0.2, 0.25) is 0 Å². The molecule has 0 aliphatic heterocycles. The van der Waals surface area contributed by atoms with Gasteiger partial charge in [0.1, 0.15) is 5.75 Å². The van der Waals surface area contributed by atoms with E-state index in [1.165, 1.54) is 0 Å². The van der Waals surface area contributed by atoms with Crippen LogP contribution in [-0.2, 0) is 4.79 Å². The van der Waals surface area contributed by atoms with Crippen LogP contribution < -0.4 is 0 Å². The van der Waals surface area contributed by atoms with Gasteiger partial charge in [0.25, 0.3) is 0 Å². The molecule has 1 aliphatic carbocycles. The third-order valence-corrected chi connectivity index (χ3v) is 4.28. The van der Waals surface area contributed by atoms with Gasteiger partial charge >= 0.3 is 5.97 Å². The highest BCUT2D eigenvalue weighted by Crippen LogP contribution is 2.47. The van der Waals surface area contributed by atoms with E-state index in [2.05, 4.69) is 22.6 Å². The third kappa shape index (κ3) is 2.73. The lowest BCUT2D eigenvalue weighted by molar-refractivity contribution is -0.142. The van der Waals surface area contributed by atoms with Crippen LogP contribution in [0.3, 0.4) is 0 Å². The second kappa shape index (κ2) is 4.84. The Morgan fingerprint density at radius 1 is 1.47 bits per heavy atom. The minimum atomic E-state index is -0.745. The lowest BCUT2D eigenvalue weighted by atomic mass is 9.83. The zero-order chi connectivity index (χ0) is 12.6. The normalized spacial score (nSPS) is 18.7. The van der Waals surface area contributed by atoms with Gasteiger partial charge in [-0.3, -0.25) is 4.79 Å². The fraction of sp³-hybridized carbons (Fsp3) is 0.462. The number of aliphatic carboxylic acids is 1. The third-order valence-electron chi connectivity index (χ3n) is 3.41. The number of aromatic hydroxyl groups is 1. The van der Waals surface area contributed by atoms with Crippen LogP contribution in [0.5, 0.6) is 5.75 Å². The second-order valence-electron chi connectivity index (χ2n) is 4.70. The Morgan fingerprint density at radius 2 is 2.12 bits per heavy atom. The van der Waals surface area contributed by atoms with Crippen LogP contribution in [0.2, 0.25) is 0 Å². The highest BCUT2D eigenvalue weighted by Gasteiger charge is 2.38. The summed E-state index contributed by atoms with van der Waals surface area (Å²) < 4.78 is 0.781. The van der Waals surface area contributed by atoms with Gasteiger partial charge in [0.15, 0.2) is 0 Å². The van der Waals surface area contributed by atoms with E-state index in [0.717, 1.165) is 22.0 Å². The molecule has 0 aromatic heterocycles. The predicted octanol–water partition coefficient (Wildman–Crippen LogP) is 3.21. The van der Waals surface area contributed by atoms with Crippen molar-refractivity contribution < 1.29 is 15.0 Å². The van der Waals surface area contributed by atoms with Crippen LogP contribution >= 0.6 is 22.6 Å². The summed E-state index contributed by atoms with van der Waals surface area (Å²) in [5.74, 6) is -0.303. The Morgan fingerprint density at radius 3 is 2.59 bits per heavy atom. The lowest BCUT2D eigenvalue weighted by Gasteiger charge is -2.21. The number of carboxylic acid groups (broad SMARTS) is 1. The van der Waals surface area contributed by atoms with Crippen LogP contribution in [0.1, 0.15) is 31.2 Å². The smallest absolute Gasteiger partial charge is 0.306 e. The summed E-state index contributed by atoms with van der Waals surface area (Å²) >= 11 is 2.07. The Hall–Kier alpha value is -0.780. The SMILES string of the molecule is CC(C(=O)O)C(c1ccc(O)c(I)c1)C1CC1. The molecule has 2 unspecified atom stereocenters. The highest BCUT2D eigenvalue weighted by molar-refractivity contribution is 14.1. The van der Waals surface area contributed by atoms with E-state index in [-0.39, 0.29) is 17.6 Å². The first-order valence-corrected chi connectivity index (χ1v) is 6.79. The fourth-order valence-corrected chi connectivity index (χ4v) is 2.85. The van der Waals surface area contributed by atoms with E-state index in [1.807, 2.05) is 12.1 Å². The molecule has 92 valence electrons. The van der Waals surface area contributed by atoms with Crippen LogP contribution in [0.25, 0.3) is 0 Å². The molecule has 1 saturated carbocycles. The number of hydrogen-bond acceptors (Lipinski definition) is 2. The molecule has 1 aromatic carbocycles. The Bertz CT molecular complexity index is 440. The molecule has 0 amide bonds. The van der Waals surface area contributed by atoms with Crippen molar-refractivity contribution in [3.8, 4) is 5.75 Å². The van der Waals surface area contributed by atoms with Gasteiger partial charge in [0.05, 0.1) is 9.49 Å². The number of phenolic OH excluding ortho intramolecular Hbond substituents is 1. The van der Waals surface area contributed by atoms with Crippen molar-refractivity contribution in [1.29, 1.82) is 0 Å². The first-order valence-electron chi connectivity index (χ1n) is 5.72. The predicted molar refractivity (Wildman–Crippen MR) is 73.1 cm³/mol. The number of benzene rings is 1. The van der Waals surface area contributed by atoms with Crippen LogP contribution in [0, 0.1) is 15.4 Å². The molecule has 0 saturated heterocycles. The van der Waals surface area contributed by atoms with Crippen LogP contribution in [0.4, 0.5) is 0 Å². The average Bonchev–Trinajstić information content (AvgIpc) is 3.07. The maximum atomic E-state index is 11.1. The number of phenols is 1. The summed E-state index contributed by atoms with van der Waals surface area (Å²) in [4.78, 5) is 11.1. The topological polar surface area (TPSA) is 57.5 Å². The zero-order valence-corrected chi connectivity index (χ0v) is 11.7. The van der Waals surface area contributed by atoms with Crippen molar-refractivity contribution >= 4 is 28.6 Å². The van der Waals surface area contributed by atoms with E-state index in [1.54, 1.807) is 13.0 Å². The van der Waals surface area contributed by atoms with E-state index < -0.39 is 5.97 Å². The molecule has 0 heterocycles. The van der Waals surface area contributed by atoms with Crippen molar-refractivity contribution in [2.75, 3.05) is 0 Å². The molecule has 1 fully saturated rings. The molecule has 0 radical (unpaired) electrons. The maximum absolute atomic E-state index is 11.1. The molecule has 2 rings (SSSR count). The standard InChI is InChI=1S/C13H15IO3/c1-7(13(16)17)12(8-2-3-8)9-4-5-11(15)10(14)6-9/h4-8,12,15H,2-3H2,1H3,(H,16,17). The molecule has 1 aliphatic rings. The number of hydrogen-bond donors (Lipinski definition) is 2. The number of carbonyl (C=O) groups is 1. The first-order chi connectivity index (χ1) is 8.00.